The van der Waals surface area contributed by atoms with Gasteiger partial charge in [0, 0.05) is 17.0 Å². The van der Waals surface area contributed by atoms with Gasteiger partial charge in [0.2, 0.25) is 0 Å². The number of hydrogen-bond donors (Lipinski definition) is 1. The average Bonchev–Trinajstić information content (AvgIpc) is 2.46. The summed E-state index contributed by atoms with van der Waals surface area (Å²) in [5.41, 5.74) is 2.63. The zero-order chi connectivity index (χ0) is 14.6. The summed E-state index contributed by atoms with van der Waals surface area (Å²) >= 11 is 5.90. The lowest BCUT2D eigenvalue weighted by Gasteiger charge is -2.26. The van der Waals surface area contributed by atoms with Crippen LogP contribution in [0.25, 0.3) is 0 Å². The Kier molecular flexibility index (Phi) is 4.32. The van der Waals surface area contributed by atoms with Gasteiger partial charge in [0.05, 0.1) is 11.3 Å². The van der Waals surface area contributed by atoms with E-state index in [1.807, 2.05) is 24.3 Å². The van der Waals surface area contributed by atoms with Gasteiger partial charge in [0.1, 0.15) is 6.07 Å². The first-order valence-electron chi connectivity index (χ1n) is 6.52. The predicted molar refractivity (Wildman–Crippen MR) is 84.1 cm³/mol. The minimum Gasteiger partial charge on any atom is -0.383 e. The van der Waals surface area contributed by atoms with Crippen LogP contribution in [0.3, 0.4) is 0 Å². The summed E-state index contributed by atoms with van der Waals surface area (Å²) in [7, 11) is 0. The van der Waals surface area contributed by atoms with Gasteiger partial charge in [0.15, 0.2) is 0 Å². The van der Waals surface area contributed by atoms with E-state index in [2.05, 4.69) is 37.4 Å². The van der Waals surface area contributed by atoms with E-state index in [0.29, 0.717) is 10.6 Å². The zero-order valence-electron chi connectivity index (χ0n) is 11.7. The Morgan fingerprint density at radius 3 is 2.50 bits per heavy atom. The Morgan fingerprint density at radius 2 is 1.85 bits per heavy atom. The maximum absolute atomic E-state index is 9.14. The lowest BCUT2D eigenvalue weighted by molar-refractivity contribution is 0.557. The third-order valence-electron chi connectivity index (χ3n) is 3.38. The molecule has 0 amide bonds. The molecule has 2 aromatic carbocycles. The molecule has 0 unspecified atom stereocenters. The van der Waals surface area contributed by atoms with Crippen molar-refractivity contribution in [2.24, 2.45) is 0 Å². The van der Waals surface area contributed by atoms with Crippen LogP contribution in [0.2, 0.25) is 5.02 Å². The molecule has 0 aliphatic rings. The van der Waals surface area contributed by atoms with E-state index in [1.165, 1.54) is 5.56 Å². The van der Waals surface area contributed by atoms with Crippen molar-refractivity contribution in [1.82, 2.24) is 0 Å². The molecule has 102 valence electrons. The normalized spacial score (nSPS) is 10.9. The second kappa shape index (κ2) is 5.98. The van der Waals surface area contributed by atoms with Crippen LogP contribution in [0, 0.1) is 11.3 Å². The van der Waals surface area contributed by atoms with E-state index in [9.17, 15) is 0 Å². The largest absolute Gasteiger partial charge is 0.383 e. The van der Waals surface area contributed by atoms with Crippen molar-refractivity contribution in [2.45, 2.75) is 19.3 Å². The van der Waals surface area contributed by atoms with Crippen molar-refractivity contribution in [2.75, 3.05) is 11.9 Å². The summed E-state index contributed by atoms with van der Waals surface area (Å²) in [6.45, 7) is 5.10. The molecule has 0 bridgehead atoms. The van der Waals surface area contributed by atoms with E-state index >= 15 is 0 Å². The molecule has 2 nitrogen and oxygen atoms in total. The average molecular weight is 285 g/mol. The number of anilines is 1. The van der Waals surface area contributed by atoms with Gasteiger partial charge in [-0.2, -0.15) is 5.26 Å². The van der Waals surface area contributed by atoms with E-state index < -0.39 is 0 Å². The second-order valence-electron chi connectivity index (χ2n) is 5.41. The van der Waals surface area contributed by atoms with Gasteiger partial charge in [-0.15, -0.1) is 0 Å². The van der Waals surface area contributed by atoms with Crippen molar-refractivity contribution in [3.8, 4) is 6.07 Å². The van der Waals surface area contributed by atoms with Crippen LogP contribution >= 0.6 is 11.6 Å². The molecule has 0 aliphatic carbocycles. The number of nitrogens with one attached hydrogen (secondary N) is 1. The fourth-order valence-corrected chi connectivity index (χ4v) is 2.24. The highest BCUT2D eigenvalue weighted by atomic mass is 35.5. The molecule has 20 heavy (non-hydrogen) atoms. The van der Waals surface area contributed by atoms with Crippen LogP contribution in [-0.2, 0) is 5.41 Å². The third kappa shape index (κ3) is 3.31. The minimum atomic E-state index is -0.0202. The molecule has 0 atom stereocenters. The summed E-state index contributed by atoms with van der Waals surface area (Å²) in [6, 6.07) is 17.8. The molecule has 2 aromatic rings. The Morgan fingerprint density at radius 1 is 1.15 bits per heavy atom. The van der Waals surface area contributed by atoms with Crippen LogP contribution in [0.1, 0.15) is 25.0 Å². The fraction of sp³-hybridized carbons (Fsp3) is 0.235. The van der Waals surface area contributed by atoms with Gasteiger partial charge in [-0.3, -0.25) is 0 Å². The number of nitrogens with zero attached hydrogens (tertiary/aromatic N) is 1. The van der Waals surface area contributed by atoms with Gasteiger partial charge in [-0.25, -0.2) is 0 Å². The highest BCUT2D eigenvalue weighted by Crippen LogP contribution is 2.25. The van der Waals surface area contributed by atoms with Crippen molar-refractivity contribution < 1.29 is 0 Å². The Hall–Kier alpha value is -1.98. The molecule has 0 aromatic heterocycles. The number of nitriles is 1. The molecule has 0 radical (unpaired) electrons. The summed E-state index contributed by atoms with van der Waals surface area (Å²) in [4.78, 5) is 0. The number of halogens is 1. The molecule has 0 heterocycles. The van der Waals surface area contributed by atoms with Gasteiger partial charge < -0.3 is 5.32 Å². The van der Waals surface area contributed by atoms with Crippen molar-refractivity contribution in [3.05, 3.63) is 64.7 Å². The number of hydrogen-bond acceptors (Lipinski definition) is 2. The fourth-order valence-electron chi connectivity index (χ4n) is 2.07. The molecule has 0 saturated carbocycles. The summed E-state index contributed by atoms with van der Waals surface area (Å²) in [5, 5.41) is 13.1. The van der Waals surface area contributed by atoms with E-state index in [0.717, 1.165) is 12.2 Å². The molecule has 0 aliphatic heterocycles. The van der Waals surface area contributed by atoms with Crippen molar-refractivity contribution >= 4 is 17.3 Å². The van der Waals surface area contributed by atoms with Crippen LogP contribution < -0.4 is 5.32 Å². The lowest BCUT2D eigenvalue weighted by Crippen LogP contribution is -2.27. The second-order valence-corrected chi connectivity index (χ2v) is 5.84. The molecule has 0 fully saturated rings. The molecular weight excluding hydrogens is 268 g/mol. The highest BCUT2D eigenvalue weighted by molar-refractivity contribution is 6.30. The molecule has 1 N–H and O–H groups in total. The zero-order valence-corrected chi connectivity index (χ0v) is 12.4. The first-order chi connectivity index (χ1) is 9.53. The first kappa shape index (κ1) is 14.4. The van der Waals surface area contributed by atoms with Crippen LogP contribution in [0.5, 0.6) is 0 Å². The van der Waals surface area contributed by atoms with Gasteiger partial charge in [0.25, 0.3) is 0 Å². The summed E-state index contributed by atoms with van der Waals surface area (Å²) < 4.78 is 0. The monoisotopic (exact) mass is 284 g/mol. The SMILES string of the molecule is CC(C)(CNc1ccc(Cl)cc1C#N)c1ccccc1. The molecular formula is C17H17ClN2. The molecule has 3 heteroatoms. The smallest absolute Gasteiger partial charge is 0.101 e. The minimum absolute atomic E-state index is 0.0202. The van der Waals surface area contributed by atoms with Crippen molar-refractivity contribution in [3.63, 3.8) is 0 Å². The maximum atomic E-state index is 9.14. The molecule has 0 spiro atoms. The van der Waals surface area contributed by atoms with Crippen molar-refractivity contribution in [1.29, 1.82) is 5.26 Å². The quantitative estimate of drug-likeness (QED) is 0.890. The Labute approximate surface area is 125 Å². The van der Waals surface area contributed by atoms with Crippen LogP contribution in [0.4, 0.5) is 5.69 Å². The van der Waals surface area contributed by atoms with Crippen LogP contribution in [-0.4, -0.2) is 6.54 Å². The first-order valence-corrected chi connectivity index (χ1v) is 6.90. The topological polar surface area (TPSA) is 35.8 Å². The number of benzene rings is 2. The summed E-state index contributed by atoms with van der Waals surface area (Å²) in [5.74, 6) is 0. The lowest BCUT2D eigenvalue weighted by atomic mass is 9.84. The summed E-state index contributed by atoms with van der Waals surface area (Å²) in [6.07, 6.45) is 0. The Balaban J connectivity index is 2.15. The molecule has 0 saturated heterocycles. The molecule has 2 rings (SSSR count). The van der Waals surface area contributed by atoms with E-state index in [1.54, 1.807) is 12.1 Å². The third-order valence-corrected chi connectivity index (χ3v) is 3.61. The van der Waals surface area contributed by atoms with E-state index in [-0.39, 0.29) is 5.41 Å². The predicted octanol–water partition coefficient (Wildman–Crippen LogP) is 4.60. The van der Waals surface area contributed by atoms with E-state index in [4.69, 9.17) is 16.9 Å². The standard InChI is InChI=1S/C17H17ClN2/c1-17(2,14-6-4-3-5-7-14)12-20-16-9-8-15(18)10-13(16)11-19/h3-10,20H,12H2,1-2H3. The highest BCUT2D eigenvalue weighted by Gasteiger charge is 2.20. The Bertz CT molecular complexity index is 627. The number of rotatable bonds is 4. The van der Waals surface area contributed by atoms with Gasteiger partial charge in [-0.1, -0.05) is 55.8 Å². The maximum Gasteiger partial charge on any atom is 0.101 e. The van der Waals surface area contributed by atoms with Gasteiger partial charge >= 0.3 is 0 Å². The van der Waals surface area contributed by atoms with Crippen LogP contribution in [0.15, 0.2) is 48.5 Å². The van der Waals surface area contributed by atoms with Gasteiger partial charge in [-0.05, 0) is 23.8 Å².